The van der Waals surface area contributed by atoms with Crippen LogP contribution >= 0.6 is 0 Å². The largest absolute Gasteiger partial charge is 0.481 e. The smallest absolute Gasteiger partial charge is 0.308 e. The number of rotatable bonds is 4. The minimum atomic E-state index is -1.06. The van der Waals surface area contributed by atoms with Crippen molar-refractivity contribution >= 4 is 17.6 Å². The summed E-state index contributed by atoms with van der Waals surface area (Å²) in [5.74, 6) is -1.53. The van der Waals surface area contributed by atoms with Crippen molar-refractivity contribution in [1.29, 1.82) is 0 Å². The van der Waals surface area contributed by atoms with Crippen LogP contribution in [0.25, 0.3) is 0 Å². The average Bonchev–Trinajstić information content (AvgIpc) is 2.20. The Morgan fingerprint density at radius 2 is 2.00 bits per heavy atom. The lowest BCUT2D eigenvalue weighted by Gasteiger charge is -2.08. The maximum atomic E-state index is 11.5. The van der Waals surface area contributed by atoms with E-state index >= 15 is 0 Å². The van der Waals surface area contributed by atoms with Gasteiger partial charge in [0.2, 0.25) is 0 Å². The summed E-state index contributed by atoms with van der Waals surface area (Å²) in [7, 11) is 0. The fraction of sp³-hybridized carbons (Fsp3) is 0.167. The number of carboxylic acid groups (broad SMARTS) is 1. The molecule has 0 heterocycles. The second-order valence-electron chi connectivity index (χ2n) is 3.44. The molecule has 0 atom stereocenters. The molecule has 84 valence electrons. The van der Waals surface area contributed by atoms with Gasteiger partial charge < -0.3 is 10.4 Å². The molecule has 16 heavy (non-hydrogen) atoms. The molecule has 1 aromatic carbocycles. The minimum Gasteiger partial charge on any atom is -0.481 e. The molecule has 4 heteroatoms. The number of nitrogens with one attached hydrogen (secondary N) is 1. The second kappa shape index (κ2) is 5.11. The van der Waals surface area contributed by atoms with Crippen molar-refractivity contribution in [3.8, 4) is 0 Å². The molecule has 0 aliphatic carbocycles. The highest BCUT2D eigenvalue weighted by atomic mass is 16.4. The molecule has 4 nitrogen and oxygen atoms in total. The molecule has 0 spiro atoms. The number of anilines is 1. The highest BCUT2D eigenvalue weighted by molar-refractivity contribution is 6.05. The first kappa shape index (κ1) is 12.0. The molecule has 2 N–H and O–H groups in total. The Hall–Kier alpha value is -2.10. The van der Waals surface area contributed by atoms with Crippen molar-refractivity contribution in [3.05, 3.63) is 42.0 Å². The number of benzene rings is 1. The van der Waals surface area contributed by atoms with Crippen LogP contribution in [0, 0.1) is 6.92 Å². The van der Waals surface area contributed by atoms with Crippen LogP contribution in [0.3, 0.4) is 0 Å². The van der Waals surface area contributed by atoms with Crippen LogP contribution in [0.4, 0.5) is 5.69 Å². The van der Waals surface area contributed by atoms with E-state index in [1.54, 1.807) is 12.1 Å². The third kappa shape index (κ3) is 3.24. The predicted molar refractivity (Wildman–Crippen MR) is 61.2 cm³/mol. The lowest BCUT2D eigenvalue weighted by molar-refractivity contribution is -0.136. The highest BCUT2D eigenvalue weighted by Crippen LogP contribution is 2.14. The van der Waals surface area contributed by atoms with E-state index in [4.69, 9.17) is 5.11 Å². The molecule has 0 aliphatic heterocycles. The number of carboxylic acids is 1. The van der Waals surface area contributed by atoms with E-state index in [0.29, 0.717) is 5.69 Å². The lowest BCUT2D eigenvalue weighted by Crippen LogP contribution is -2.16. The van der Waals surface area contributed by atoms with Crippen LogP contribution < -0.4 is 5.32 Å². The third-order valence-corrected chi connectivity index (χ3v) is 2.08. The van der Waals surface area contributed by atoms with Gasteiger partial charge in [-0.15, -0.1) is 0 Å². The number of para-hydroxylation sites is 1. The van der Waals surface area contributed by atoms with Gasteiger partial charge in [0.05, 0.1) is 6.42 Å². The molecule has 0 radical (unpaired) electrons. The normalized spacial score (nSPS) is 9.56. The Balaban J connectivity index is 2.68. The summed E-state index contributed by atoms with van der Waals surface area (Å²) in [5, 5.41) is 11.1. The zero-order chi connectivity index (χ0) is 12.1. The lowest BCUT2D eigenvalue weighted by atomic mass is 10.1. The summed E-state index contributed by atoms with van der Waals surface area (Å²) in [6.07, 6.45) is -0.349. The van der Waals surface area contributed by atoms with Gasteiger partial charge >= 0.3 is 5.97 Å². The van der Waals surface area contributed by atoms with E-state index in [2.05, 4.69) is 11.9 Å². The maximum Gasteiger partial charge on any atom is 0.308 e. The molecule has 0 fully saturated rings. The van der Waals surface area contributed by atoms with E-state index in [1.165, 1.54) is 0 Å². The number of hydrogen-bond acceptors (Lipinski definition) is 2. The van der Waals surface area contributed by atoms with Crippen molar-refractivity contribution in [2.24, 2.45) is 0 Å². The molecular formula is C12H13NO3. The van der Waals surface area contributed by atoms with E-state index < -0.39 is 11.9 Å². The molecular weight excluding hydrogens is 206 g/mol. The average molecular weight is 219 g/mol. The number of amides is 1. The van der Waals surface area contributed by atoms with Crippen LogP contribution in [-0.2, 0) is 9.59 Å². The molecule has 0 unspecified atom stereocenters. The molecule has 0 saturated carbocycles. The molecule has 0 bridgehead atoms. The van der Waals surface area contributed by atoms with E-state index in [0.717, 1.165) is 5.56 Å². The summed E-state index contributed by atoms with van der Waals surface area (Å²) in [6, 6.07) is 7.26. The monoisotopic (exact) mass is 219 g/mol. The van der Waals surface area contributed by atoms with Crippen molar-refractivity contribution in [2.75, 3.05) is 5.32 Å². The van der Waals surface area contributed by atoms with E-state index in [1.807, 2.05) is 19.1 Å². The molecule has 0 saturated heterocycles. The summed E-state index contributed by atoms with van der Waals surface area (Å²) in [5.41, 5.74) is 1.62. The van der Waals surface area contributed by atoms with Crippen molar-refractivity contribution in [3.63, 3.8) is 0 Å². The Bertz CT molecular complexity index is 438. The summed E-state index contributed by atoms with van der Waals surface area (Å²) >= 11 is 0. The van der Waals surface area contributed by atoms with Crippen molar-refractivity contribution < 1.29 is 14.7 Å². The van der Waals surface area contributed by atoms with Gasteiger partial charge in [-0.1, -0.05) is 24.8 Å². The first-order valence-corrected chi connectivity index (χ1v) is 4.77. The van der Waals surface area contributed by atoms with Gasteiger partial charge in [-0.05, 0) is 18.6 Å². The fourth-order valence-corrected chi connectivity index (χ4v) is 1.19. The van der Waals surface area contributed by atoms with Crippen LogP contribution in [-0.4, -0.2) is 17.0 Å². The Morgan fingerprint density at radius 1 is 1.38 bits per heavy atom. The fourth-order valence-electron chi connectivity index (χ4n) is 1.19. The molecule has 1 amide bonds. The Morgan fingerprint density at radius 3 is 2.56 bits per heavy atom. The van der Waals surface area contributed by atoms with Crippen molar-refractivity contribution in [1.82, 2.24) is 0 Å². The predicted octanol–water partition coefficient (Wildman–Crippen LogP) is 1.96. The van der Waals surface area contributed by atoms with Gasteiger partial charge in [-0.3, -0.25) is 9.59 Å². The zero-order valence-corrected chi connectivity index (χ0v) is 8.99. The minimum absolute atomic E-state index is 0.0377. The van der Waals surface area contributed by atoms with Gasteiger partial charge in [0, 0.05) is 11.3 Å². The third-order valence-electron chi connectivity index (χ3n) is 2.08. The van der Waals surface area contributed by atoms with E-state index in [9.17, 15) is 9.59 Å². The zero-order valence-electron chi connectivity index (χ0n) is 8.99. The topological polar surface area (TPSA) is 66.4 Å². The van der Waals surface area contributed by atoms with Gasteiger partial charge in [0.15, 0.2) is 0 Å². The van der Waals surface area contributed by atoms with Crippen LogP contribution in [0.1, 0.15) is 12.0 Å². The van der Waals surface area contributed by atoms with Crippen LogP contribution in [0.2, 0.25) is 0 Å². The number of aliphatic carboxylic acids is 1. The molecule has 1 rings (SSSR count). The second-order valence-corrected chi connectivity index (χ2v) is 3.44. The van der Waals surface area contributed by atoms with Crippen molar-refractivity contribution in [2.45, 2.75) is 13.3 Å². The number of hydrogen-bond donors (Lipinski definition) is 2. The van der Waals surface area contributed by atoms with Crippen LogP contribution in [0.5, 0.6) is 0 Å². The van der Waals surface area contributed by atoms with Crippen LogP contribution in [0.15, 0.2) is 36.4 Å². The van der Waals surface area contributed by atoms with Gasteiger partial charge in [-0.25, -0.2) is 0 Å². The van der Waals surface area contributed by atoms with Gasteiger partial charge in [0.25, 0.3) is 5.91 Å². The summed E-state index contributed by atoms with van der Waals surface area (Å²) < 4.78 is 0. The van der Waals surface area contributed by atoms with Gasteiger partial charge in [0.1, 0.15) is 0 Å². The van der Waals surface area contributed by atoms with E-state index in [-0.39, 0.29) is 12.0 Å². The molecule has 1 aromatic rings. The molecule has 0 aromatic heterocycles. The maximum absolute atomic E-state index is 11.5. The number of aryl methyl sites for hydroxylation is 1. The quantitative estimate of drug-likeness (QED) is 0.761. The number of carbonyl (C=O) groups is 2. The summed E-state index contributed by atoms with van der Waals surface area (Å²) in [4.78, 5) is 21.9. The SMILES string of the molecule is C=C(CC(=O)O)C(=O)Nc1ccccc1C. The highest BCUT2D eigenvalue weighted by Gasteiger charge is 2.11. The Kier molecular flexibility index (Phi) is 3.83. The standard InChI is InChI=1S/C12H13NO3/c1-8-5-3-4-6-10(8)13-12(16)9(2)7-11(14)15/h3-6H,2,7H2,1H3,(H,13,16)(H,14,15). The summed E-state index contributed by atoms with van der Waals surface area (Å²) in [6.45, 7) is 5.28. The number of carbonyl (C=O) groups excluding carboxylic acids is 1. The van der Waals surface area contributed by atoms with Gasteiger partial charge in [-0.2, -0.15) is 0 Å². The first-order chi connectivity index (χ1) is 7.50. The molecule has 0 aliphatic rings. The first-order valence-electron chi connectivity index (χ1n) is 4.77. The Labute approximate surface area is 93.6 Å².